The number of benzene rings is 1. The topological polar surface area (TPSA) is 101 Å². The number of fused-ring (bicyclic) bond motifs is 1. The molecule has 0 fully saturated rings. The summed E-state index contributed by atoms with van der Waals surface area (Å²) in [5, 5.41) is 3.09. The molecule has 2 heterocycles. The molecule has 1 aromatic heterocycles. The quantitative estimate of drug-likeness (QED) is 0.404. The van der Waals surface area contributed by atoms with E-state index >= 15 is 0 Å². The number of anilines is 1. The predicted molar refractivity (Wildman–Crippen MR) is 112 cm³/mol. The van der Waals surface area contributed by atoms with Crippen LogP contribution in [-0.4, -0.2) is 38.8 Å². The zero-order chi connectivity index (χ0) is 20.3. The third-order valence-corrected chi connectivity index (χ3v) is 6.01. The number of ether oxygens (including phenoxy) is 1. The van der Waals surface area contributed by atoms with Crippen LogP contribution in [0.4, 0.5) is 5.69 Å². The summed E-state index contributed by atoms with van der Waals surface area (Å²) in [5.41, 5.74) is 1.40. The Morgan fingerprint density at radius 3 is 2.79 bits per heavy atom. The first-order chi connectivity index (χ1) is 13.3. The second kappa shape index (κ2) is 8.83. The molecule has 0 radical (unpaired) electrons. The monoisotopic (exact) mass is 419 g/mol. The number of ketones is 1. The number of rotatable bonds is 7. The molecule has 7 nitrogen and oxygen atoms in total. The summed E-state index contributed by atoms with van der Waals surface area (Å²) in [7, 11) is 0. The van der Waals surface area contributed by atoms with Gasteiger partial charge in [0.15, 0.2) is 17.5 Å². The highest BCUT2D eigenvalue weighted by Crippen LogP contribution is 2.30. The molecule has 2 N–H and O–H groups in total. The van der Waals surface area contributed by atoms with Crippen molar-refractivity contribution in [2.75, 3.05) is 11.9 Å². The molecule has 9 heteroatoms. The zero-order valence-corrected chi connectivity index (χ0v) is 17.4. The van der Waals surface area contributed by atoms with Gasteiger partial charge in [0, 0.05) is 17.4 Å². The van der Waals surface area contributed by atoms with Gasteiger partial charge in [-0.2, -0.15) is 11.8 Å². The van der Waals surface area contributed by atoms with Gasteiger partial charge in [-0.25, -0.2) is 4.98 Å². The van der Waals surface area contributed by atoms with Crippen molar-refractivity contribution in [3.63, 3.8) is 0 Å². The Bertz CT molecular complexity index is 958. The third-order valence-electron chi connectivity index (χ3n) is 3.89. The number of aromatic amines is 1. The van der Waals surface area contributed by atoms with Gasteiger partial charge < -0.3 is 15.0 Å². The Morgan fingerprint density at radius 1 is 1.25 bits per heavy atom. The van der Waals surface area contributed by atoms with Gasteiger partial charge in [-0.3, -0.25) is 14.4 Å². The van der Waals surface area contributed by atoms with Crippen LogP contribution in [0, 0.1) is 0 Å². The van der Waals surface area contributed by atoms with Crippen molar-refractivity contribution in [3.8, 4) is 5.75 Å². The van der Waals surface area contributed by atoms with Gasteiger partial charge in [0.1, 0.15) is 5.75 Å². The van der Waals surface area contributed by atoms with E-state index in [-0.39, 0.29) is 23.9 Å². The van der Waals surface area contributed by atoms with Crippen LogP contribution in [0.1, 0.15) is 36.8 Å². The average Bonchev–Trinajstić information content (AvgIpc) is 2.64. The lowest BCUT2D eigenvalue weighted by molar-refractivity contribution is -0.118. The van der Waals surface area contributed by atoms with E-state index in [4.69, 9.17) is 4.74 Å². The minimum atomic E-state index is -0.464. The van der Waals surface area contributed by atoms with Crippen LogP contribution < -0.4 is 15.6 Å². The number of nitrogens with zero attached hydrogens (tertiary/aromatic N) is 1. The molecule has 0 spiro atoms. The zero-order valence-electron chi connectivity index (χ0n) is 15.8. The van der Waals surface area contributed by atoms with Gasteiger partial charge in [-0.1, -0.05) is 25.6 Å². The van der Waals surface area contributed by atoms with Crippen molar-refractivity contribution in [1.82, 2.24) is 9.97 Å². The maximum atomic E-state index is 12.8. The molecule has 1 amide bonds. The lowest BCUT2D eigenvalue weighted by atomic mass is 10.1. The predicted octanol–water partition coefficient (Wildman–Crippen LogP) is 3.11. The van der Waals surface area contributed by atoms with E-state index in [9.17, 15) is 14.4 Å². The average molecular weight is 420 g/mol. The number of carbonyl (C=O) groups is 2. The van der Waals surface area contributed by atoms with E-state index in [1.165, 1.54) is 17.8 Å². The molecule has 0 saturated carbocycles. The van der Waals surface area contributed by atoms with Crippen LogP contribution in [0.3, 0.4) is 0 Å². The van der Waals surface area contributed by atoms with Gasteiger partial charge in [0.25, 0.3) is 11.5 Å². The molecule has 0 bridgehead atoms. The minimum absolute atomic E-state index is 0.0307. The molecule has 2 aromatic rings. The van der Waals surface area contributed by atoms with Crippen LogP contribution >= 0.6 is 23.5 Å². The number of thioether (sulfide) groups is 2. The fourth-order valence-corrected chi connectivity index (χ4v) is 4.12. The Morgan fingerprint density at radius 2 is 2.04 bits per heavy atom. The summed E-state index contributed by atoms with van der Waals surface area (Å²) >= 11 is 2.90. The minimum Gasteiger partial charge on any atom is -0.482 e. The van der Waals surface area contributed by atoms with Crippen LogP contribution in [0.25, 0.3) is 0 Å². The first-order valence-corrected chi connectivity index (χ1v) is 10.7. The molecule has 0 aliphatic carbocycles. The third kappa shape index (κ3) is 5.17. The Labute approximate surface area is 171 Å². The van der Waals surface area contributed by atoms with E-state index in [0.29, 0.717) is 38.9 Å². The van der Waals surface area contributed by atoms with E-state index < -0.39 is 5.25 Å². The summed E-state index contributed by atoms with van der Waals surface area (Å²) in [6, 6.07) is 6.43. The molecular weight excluding hydrogens is 398 g/mol. The molecule has 0 saturated heterocycles. The first-order valence-electron chi connectivity index (χ1n) is 8.81. The summed E-state index contributed by atoms with van der Waals surface area (Å²) in [6.45, 7) is 5.90. The highest BCUT2D eigenvalue weighted by Gasteiger charge is 2.22. The van der Waals surface area contributed by atoms with E-state index in [0.717, 1.165) is 0 Å². The maximum absolute atomic E-state index is 12.8. The molecule has 1 aliphatic rings. The lowest BCUT2D eigenvalue weighted by Gasteiger charge is -2.19. The van der Waals surface area contributed by atoms with Gasteiger partial charge in [0.05, 0.1) is 16.6 Å². The Kier molecular flexibility index (Phi) is 6.46. The fraction of sp³-hybridized carbons (Fsp3) is 0.368. The number of carbonyl (C=O) groups excluding carboxylic acids is 2. The number of nitrogens with one attached hydrogen (secondary N) is 2. The number of aromatic nitrogens is 2. The standard InChI is InChI=1S/C19H21N3O4S2/c1-10(2)27-9-13-7-16(23)22-19(20-13)28-11(3)18(25)12-4-5-15-14(6-12)21-17(24)8-26-15/h4-7,10-11H,8-9H2,1-3H3,(H,21,24)(H,20,22,23). The van der Waals surface area contributed by atoms with Gasteiger partial charge in [0.2, 0.25) is 0 Å². The molecule has 1 aliphatic heterocycles. The smallest absolute Gasteiger partial charge is 0.262 e. The van der Waals surface area contributed by atoms with Crippen molar-refractivity contribution in [3.05, 3.63) is 45.9 Å². The summed E-state index contributed by atoms with van der Waals surface area (Å²) in [5.74, 6) is 0.801. The van der Waals surface area contributed by atoms with E-state index in [1.54, 1.807) is 36.9 Å². The van der Waals surface area contributed by atoms with E-state index in [2.05, 4.69) is 29.1 Å². The molecule has 1 aromatic carbocycles. The van der Waals surface area contributed by atoms with E-state index in [1.807, 2.05) is 0 Å². The number of H-pyrrole nitrogens is 1. The summed E-state index contributed by atoms with van der Waals surface area (Å²) < 4.78 is 5.31. The maximum Gasteiger partial charge on any atom is 0.262 e. The second-order valence-corrected chi connectivity index (χ2v) is 9.47. The number of amides is 1. The molecule has 1 atom stereocenters. The Balaban J connectivity index is 1.73. The van der Waals surface area contributed by atoms with Crippen molar-refractivity contribution in [2.24, 2.45) is 0 Å². The lowest BCUT2D eigenvalue weighted by Crippen LogP contribution is -2.26. The van der Waals surface area contributed by atoms with Gasteiger partial charge >= 0.3 is 0 Å². The molecular formula is C19H21N3O4S2. The second-order valence-electron chi connectivity index (χ2n) is 6.57. The summed E-state index contributed by atoms with van der Waals surface area (Å²) in [4.78, 5) is 43.3. The van der Waals surface area contributed by atoms with Gasteiger partial charge in [-0.05, 0) is 30.4 Å². The van der Waals surface area contributed by atoms with Crippen LogP contribution in [0.5, 0.6) is 5.75 Å². The normalized spacial score (nSPS) is 14.2. The SMILES string of the molecule is CC(C)SCc1cc(=O)[nH]c(SC(C)C(=O)c2ccc3c(c2)NC(=O)CO3)n1. The van der Waals surface area contributed by atoms with Crippen LogP contribution in [-0.2, 0) is 10.5 Å². The number of Topliss-reactive ketones (excluding diaryl/α,β-unsaturated/α-hetero) is 1. The van der Waals surface area contributed by atoms with Crippen molar-refractivity contribution < 1.29 is 14.3 Å². The Hall–Kier alpha value is -2.26. The number of hydrogen-bond donors (Lipinski definition) is 2. The highest BCUT2D eigenvalue weighted by molar-refractivity contribution is 8.00. The van der Waals surface area contributed by atoms with Crippen molar-refractivity contribution in [1.29, 1.82) is 0 Å². The van der Waals surface area contributed by atoms with Crippen molar-refractivity contribution in [2.45, 2.75) is 42.2 Å². The summed E-state index contributed by atoms with van der Waals surface area (Å²) in [6.07, 6.45) is 0. The number of hydrogen-bond acceptors (Lipinski definition) is 7. The molecule has 148 valence electrons. The molecule has 1 unspecified atom stereocenters. The van der Waals surface area contributed by atoms with Crippen LogP contribution in [0.15, 0.2) is 34.2 Å². The van der Waals surface area contributed by atoms with Crippen molar-refractivity contribution >= 4 is 40.9 Å². The highest BCUT2D eigenvalue weighted by atomic mass is 32.2. The fourth-order valence-electron chi connectivity index (χ4n) is 2.56. The molecule has 3 rings (SSSR count). The largest absolute Gasteiger partial charge is 0.482 e. The molecule has 28 heavy (non-hydrogen) atoms. The van der Waals surface area contributed by atoms with Gasteiger partial charge in [-0.15, -0.1) is 0 Å². The first kappa shape index (κ1) is 20.5. The van der Waals surface area contributed by atoms with Crippen LogP contribution in [0.2, 0.25) is 0 Å².